The quantitative estimate of drug-likeness (QED) is 0.704. The molecule has 0 radical (unpaired) electrons. The van der Waals surface area contributed by atoms with Crippen LogP contribution in [-0.4, -0.2) is 74.0 Å². The van der Waals surface area contributed by atoms with Gasteiger partial charge in [0.15, 0.2) is 0 Å². The molecule has 0 aliphatic carbocycles. The third-order valence-electron chi connectivity index (χ3n) is 3.17. The smallest absolute Gasteiger partial charge is 0.378 e. The van der Waals surface area contributed by atoms with Crippen molar-refractivity contribution < 1.29 is 26.7 Å². The number of amidine groups is 1. The number of aliphatic imine (C=N–C) groups is 1. The van der Waals surface area contributed by atoms with Crippen LogP contribution in [0.15, 0.2) is 4.99 Å². The Hall–Kier alpha value is -1.29. The summed E-state index contributed by atoms with van der Waals surface area (Å²) in [4.78, 5) is 16.4. The maximum absolute atomic E-state index is 14.1. The lowest BCUT2D eigenvalue weighted by molar-refractivity contribution is -0.151. The molecule has 0 aromatic carbocycles. The molecule has 0 aromatic rings. The van der Waals surface area contributed by atoms with Crippen molar-refractivity contribution in [3.05, 3.63) is 0 Å². The van der Waals surface area contributed by atoms with Gasteiger partial charge in [0.2, 0.25) is 0 Å². The van der Waals surface area contributed by atoms with Gasteiger partial charge >= 0.3 is 21.2 Å². The Morgan fingerprint density at radius 2 is 1.90 bits per heavy atom. The van der Waals surface area contributed by atoms with E-state index < -0.39 is 21.2 Å². The van der Waals surface area contributed by atoms with Gasteiger partial charge in [-0.25, -0.2) is 0 Å². The van der Waals surface area contributed by atoms with E-state index in [0.717, 1.165) is 4.90 Å². The Balaban J connectivity index is 2.24. The van der Waals surface area contributed by atoms with Crippen molar-refractivity contribution in [2.75, 3.05) is 39.4 Å². The number of nitrogens with zero attached hydrogens (tertiary/aromatic N) is 3. The molecule has 2 aliphatic heterocycles. The van der Waals surface area contributed by atoms with Crippen LogP contribution in [0, 0.1) is 0 Å². The molecule has 0 aromatic heterocycles. The first-order chi connectivity index (χ1) is 9.28. The number of hydrogen-bond donors (Lipinski definition) is 0. The number of carbonyl (C=O) groups excluding carboxylic acids is 1. The highest BCUT2D eigenvalue weighted by Crippen LogP contribution is 2.29. The van der Waals surface area contributed by atoms with Crippen molar-refractivity contribution in [2.24, 2.45) is 4.99 Å². The van der Waals surface area contributed by atoms with E-state index in [1.807, 2.05) is 0 Å². The maximum atomic E-state index is 14.1. The summed E-state index contributed by atoms with van der Waals surface area (Å²) in [6, 6.07) is 0. The largest absolute Gasteiger partial charge is 0.440 e. The summed E-state index contributed by atoms with van der Waals surface area (Å²) in [5, 5.41) is -4.49. The van der Waals surface area contributed by atoms with Crippen molar-refractivity contribution in [1.29, 1.82) is 0 Å². The minimum Gasteiger partial charge on any atom is -0.378 e. The second-order valence-corrected chi connectivity index (χ2v) is 6.33. The Morgan fingerprint density at radius 3 is 2.40 bits per heavy atom. The van der Waals surface area contributed by atoms with Crippen LogP contribution in [0.4, 0.5) is 8.78 Å². The van der Waals surface area contributed by atoms with Crippen LogP contribution in [0.5, 0.6) is 0 Å². The van der Waals surface area contributed by atoms with E-state index in [-0.39, 0.29) is 45.2 Å². The van der Waals surface area contributed by atoms with Gasteiger partial charge < -0.3 is 9.64 Å². The fraction of sp³-hybridized carbons (Fsp3) is 0.800. The fourth-order valence-corrected chi connectivity index (χ4v) is 3.39. The number of hydrogen-bond acceptors (Lipinski definition) is 5. The molecule has 0 spiro atoms. The molecule has 0 atom stereocenters. The monoisotopic (exact) mass is 311 g/mol. The van der Waals surface area contributed by atoms with E-state index in [2.05, 4.69) is 4.99 Å². The number of carbonyl (C=O) groups is 1. The number of rotatable bonds is 3. The number of ether oxygens (including phenoxy) is 1. The maximum Gasteiger partial charge on any atom is 0.440 e. The van der Waals surface area contributed by atoms with Crippen molar-refractivity contribution in [3.63, 3.8) is 0 Å². The normalized spacial score (nSPS) is 21.1. The van der Waals surface area contributed by atoms with Gasteiger partial charge in [-0.15, -0.1) is 0 Å². The highest BCUT2D eigenvalue weighted by Gasteiger charge is 2.58. The lowest BCUT2D eigenvalue weighted by atomic mass is 10.4. The molecule has 114 valence electrons. The van der Waals surface area contributed by atoms with E-state index >= 15 is 0 Å². The summed E-state index contributed by atoms with van der Waals surface area (Å²) in [7, 11) is -5.10. The standard InChI is InChI=1S/C10H15F2N3O4S/c1-8-13-2-3-15(8)20(17,18)10(11,12)9(16)14-4-6-19-7-5-14/h2-7H2,1H3. The predicted molar refractivity (Wildman–Crippen MR) is 65.9 cm³/mol. The summed E-state index contributed by atoms with van der Waals surface area (Å²) in [5.41, 5.74) is 0. The van der Waals surface area contributed by atoms with Crippen LogP contribution >= 0.6 is 0 Å². The van der Waals surface area contributed by atoms with E-state index in [1.165, 1.54) is 6.92 Å². The molecule has 7 nitrogen and oxygen atoms in total. The van der Waals surface area contributed by atoms with Gasteiger partial charge in [0.25, 0.3) is 0 Å². The van der Waals surface area contributed by atoms with E-state index in [9.17, 15) is 22.0 Å². The number of alkyl halides is 2. The Morgan fingerprint density at radius 1 is 1.30 bits per heavy atom. The Labute approximate surface area is 115 Å². The number of morpholine rings is 1. The molecule has 1 amide bonds. The molecule has 0 N–H and O–H groups in total. The molecule has 1 fully saturated rings. The molecule has 2 heterocycles. The van der Waals surface area contributed by atoms with Gasteiger partial charge in [-0.1, -0.05) is 0 Å². The second-order valence-electron chi connectivity index (χ2n) is 4.43. The van der Waals surface area contributed by atoms with E-state index in [4.69, 9.17) is 4.74 Å². The molecular formula is C10H15F2N3O4S. The minimum absolute atomic E-state index is 0.0283. The summed E-state index contributed by atoms with van der Waals surface area (Å²) < 4.78 is 57.5. The first-order valence-electron chi connectivity index (χ1n) is 6.07. The molecular weight excluding hydrogens is 296 g/mol. The third kappa shape index (κ3) is 2.37. The average molecular weight is 311 g/mol. The third-order valence-corrected chi connectivity index (χ3v) is 5.02. The number of sulfonamides is 1. The summed E-state index contributed by atoms with van der Waals surface area (Å²) >= 11 is 0. The minimum atomic E-state index is -5.10. The van der Waals surface area contributed by atoms with E-state index in [0.29, 0.717) is 4.31 Å². The zero-order chi connectivity index (χ0) is 15.0. The van der Waals surface area contributed by atoms with Gasteiger partial charge in [-0.3, -0.25) is 14.1 Å². The van der Waals surface area contributed by atoms with Gasteiger partial charge in [0, 0.05) is 13.1 Å². The zero-order valence-corrected chi connectivity index (χ0v) is 11.7. The first kappa shape index (κ1) is 15.1. The molecule has 10 heteroatoms. The van der Waals surface area contributed by atoms with Crippen LogP contribution in [0.3, 0.4) is 0 Å². The van der Waals surface area contributed by atoms with Crippen molar-refractivity contribution in [1.82, 2.24) is 9.21 Å². The molecule has 20 heavy (non-hydrogen) atoms. The predicted octanol–water partition coefficient (Wildman–Crippen LogP) is -0.498. The lowest BCUT2D eigenvalue weighted by Gasteiger charge is -2.31. The molecule has 1 saturated heterocycles. The highest BCUT2D eigenvalue weighted by molar-refractivity contribution is 7.91. The summed E-state index contributed by atoms with van der Waals surface area (Å²) in [5.74, 6) is -1.74. The fourth-order valence-electron chi connectivity index (χ4n) is 2.04. The highest BCUT2D eigenvalue weighted by atomic mass is 32.2. The average Bonchev–Trinajstić information content (AvgIpc) is 2.85. The van der Waals surface area contributed by atoms with Crippen LogP contribution in [0.1, 0.15) is 6.92 Å². The molecule has 0 saturated carbocycles. The van der Waals surface area contributed by atoms with Gasteiger partial charge in [-0.2, -0.15) is 17.2 Å². The van der Waals surface area contributed by atoms with Crippen molar-refractivity contribution in [2.45, 2.75) is 12.2 Å². The molecule has 0 bridgehead atoms. The van der Waals surface area contributed by atoms with Gasteiger partial charge in [0.1, 0.15) is 5.84 Å². The Kier molecular flexibility index (Phi) is 3.96. The van der Waals surface area contributed by atoms with E-state index in [1.54, 1.807) is 0 Å². The van der Waals surface area contributed by atoms with Crippen LogP contribution in [0.25, 0.3) is 0 Å². The van der Waals surface area contributed by atoms with Crippen molar-refractivity contribution >= 4 is 21.8 Å². The van der Waals surface area contributed by atoms with Crippen LogP contribution in [0.2, 0.25) is 0 Å². The zero-order valence-electron chi connectivity index (χ0n) is 10.9. The number of amides is 1. The summed E-state index contributed by atoms with van der Waals surface area (Å²) in [6.07, 6.45) is 0. The molecule has 2 aliphatic rings. The van der Waals surface area contributed by atoms with Crippen LogP contribution in [-0.2, 0) is 19.6 Å². The summed E-state index contributed by atoms with van der Waals surface area (Å²) in [6.45, 7) is 1.42. The van der Waals surface area contributed by atoms with Crippen LogP contribution < -0.4 is 0 Å². The Bertz CT molecular complexity index is 529. The van der Waals surface area contributed by atoms with Crippen molar-refractivity contribution in [3.8, 4) is 0 Å². The topological polar surface area (TPSA) is 79.3 Å². The second kappa shape index (κ2) is 5.24. The SMILES string of the molecule is CC1=NCCN1S(=O)(=O)C(F)(F)C(=O)N1CCOCC1. The molecule has 2 rings (SSSR count). The van der Waals surface area contributed by atoms with Gasteiger partial charge in [0.05, 0.1) is 26.3 Å². The number of halogens is 2. The lowest BCUT2D eigenvalue weighted by Crippen LogP contribution is -2.55. The molecule has 0 unspecified atom stereocenters. The van der Waals surface area contributed by atoms with Gasteiger partial charge in [-0.05, 0) is 6.92 Å². The first-order valence-corrected chi connectivity index (χ1v) is 7.51.